The zero-order valence-electron chi connectivity index (χ0n) is 13.4. The molecule has 0 radical (unpaired) electrons. The van der Waals surface area contributed by atoms with E-state index in [-0.39, 0.29) is 17.9 Å². The zero-order chi connectivity index (χ0) is 15.4. The van der Waals surface area contributed by atoms with Crippen LogP contribution < -0.4 is 10.5 Å². The summed E-state index contributed by atoms with van der Waals surface area (Å²) in [5.41, 5.74) is 9.07. The number of hydrogen-bond acceptors (Lipinski definition) is 3. The summed E-state index contributed by atoms with van der Waals surface area (Å²) in [6.07, 6.45) is 0. The van der Waals surface area contributed by atoms with Crippen LogP contribution in [0.25, 0.3) is 0 Å². The third kappa shape index (κ3) is 3.73. The van der Waals surface area contributed by atoms with Gasteiger partial charge in [-0.2, -0.15) is 0 Å². The van der Waals surface area contributed by atoms with Gasteiger partial charge in [0.15, 0.2) is 0 Å². The van der Waals surface area contributed by atoms with E-state index in [1.165, 1.54) is 0 Å². The molecule has 0 bridgehead atoms. The molecular weight excluding hydrogens is 252 g/mol. The lowest BCUT2D eigenvalue weighted by molar-refractivity contribution is -0.134. The van der Waals surface area contributed by atoms with Gasteiger partial charge in [0.1, 0.15) is 5.75 Å². The van der Waals surface area contributed by atoms with Gasteiger partial charge in [0, 0.05) is 19.6 Å². The SMILES string of the molecule is COc1c(C)cc(CN(C)C(=O)C(C)C(C)N)cc1C. The molecule has 0 aliphatic carbocycles. The van der Waals surface area contributed by atoms with Gasteiger partial charge in [-0.15, -0.1) is 0 Å². The summed E-state index contributed by atoms with van der Waals surface area (Å²) in [4.78, 5) is 13.9. The van der Waals surface area contributed by atoms with Crippen LogP contribution in [0.3, 0.4) is 0 Å². The van der Waals surface area contributed by atoms with E-state index in [0.29, 0.717) is 6.54 Å². The minimum atomic E-state index is -0.166. The molecule has 2 unspecified atom stereocenters. The standard InChI is InChI=1S/C16H26N2O2/c1-10-7-14(8-11(2)15(10)20-6)9-18(5)16(19)12(3)13(4)17/h7-8,12-13H,9,17H2,1-6H3. The van der Waals surface area contributed by atoms with Gasteiger partial charge < -0.3 is 15.4 Å². The maximum absolute atomic E-state index is 12.2. The molecule has 0 aliphatic rings. The van der Waals surface area contributed by atoms with E-state index >= 15 is 0 Å². The number of aryl methyl sites for hydroxylation is 2. The van der Waals surface area contributed by atoms with E-state index in [9.17, 15) is 4.79 Å². The van der Waals surface area contributed by atoms with Crippen molar-refractivity contribution in [3.8, 4) is 5.75 Å². The molecule has 1 amide bonds. The normalized spacial score (nSPS) is 13.8. The molecule has 0 aromatic heterocycles. The fraction of sp³-hybridized carbons (Fsp3) is 0.562. The third-order valence-electron chi connectivity index (χ3n) is 3.70. The third-order valence-corrected chi connectivity index (χ3v) is 3.70. The summed E-state index contributed by atoms with van der Waals surface area (Å²) >= 11 is 0. The Morgan fingerprint density at radius 2 is 1.80 bits per heavy atom. The van der Waals surface area contributed by atoms with E-state index in [0.717, 1.165) is 22.4 Å². The highest BCUT2D eigenvalue weighted by molar-refractivity contribution is 5.78. The minimum absolute atomic E-state index is 0.0751. The van der Waals surface area contributed by atoms with Gasteiger partial charge in [0.2, 0.25) is 5.91 Å². The number of nitrogens with two attached hydrogens (primary N) is 1. The van der Waals surface area contributed by atoms with Gasteiger partial charge in [-0.05, 0) is 37.5 Å². The van der Waals surface area contributed by atoms with Crippen LogP contribution in [0.5, 0.6) is 5.75 Å². The van der Waals surface area contributed by atoms with E-state index < -0.39 is 0 Å². The first-order valence-corrected chi connectivity index (χ1v) is 6.92. The number of nitrogens with zero attached hydrogens (tertiary/aromatic N) is 1. The summed E-state index contributed by atoms with van der Waals surface area (Å²) in [5, 5.41) is 0. The molecule has 0 aliphatic heterocycles. The van der Waals surface area contributed by atoms with Crippen LogP contribution in [0.4, 0.5) is 0 Å². The van der Waals surface area contributed by atoms with E-state index in [2.05, 4.69) is 12.1 Å². The van der Waals surface area contributed by atoms with Crippen molar-refractivity contribution >= 4 is 5.91 Å². The van der Waals surface area contributed by atoms with Crippen molar-refractivity contribution in [2.45, 2.75) is 40.3 Å². The topological polar surface area (TPSA) is 55.6 Å². The first kappa shape index (κ1) is 16.5. The molecule has 1 aromatic carbocycles. The van der Waals surface area contributed by atoms with Crippen LogP contribution in [-0.2, 0) is 11.3 Å². The molecule has 0 fully saturated rings. The lowest BCUT2D eigenvalue weighted by Gasteiger charge is -2.24. The molecule has 2 atom stereocenters. The molecular formula is C16H26N2O2. The predicted octanol–water partition coefficient (Wildman–Crippen LogP) is 2.25. The summed E-state index contributed by atoms with van der Waals surface area (Å²) in [7, 11) is 3.49. The lowest BCUT2D eigenvalue weighted by atomic mass is 10.0. The number of hydrogen-bond donors (Lipinski definition) is 1. The molecule has 0 saturated carbocycles. The molecule has 0 saturated heterocycles. The summed E-state index contributed by atoms with van der Waals surface area (Å²) in [5.74, 6) is 0.818. The molecule has 4 nitrogen and oxygen atoms in total. The van der Waals surface area contributed by atoms with Crippen LogP contribution >= 0.6 is 0 Å². The molecule has 20 heavy (non-hydrogen) atoms. The Morgan fingerprint density at radius 1 is 1.30 bits per heavy atom. The van der Waals surface area contributed by atoms with Crippen molar-refractivity contribution in [1.29, 1.82) is 0 Å². The van der Waals surface area contributed by atoms with Crippen molar-refractivity contribution in [2.75, 3.05) is 14.2 Å². The average Bonchev–Trinajstić information content (AvgIpc) is 2.36. The van der Waals surface area contributed by atoms with Crippen LogP contribution in [-0.4, -0.2) is 31.0 Å². The Kier molecular flexibility index (Phi) is 5.57. The largest absolute Gasteiger partial charge is 0.496 e. The van der Waals surface area contributed by atoms with Crippen molar-refractivity contribution in [2.24, 2.45) is 11.7 Å². The lowest BCUT2D eigenvalue weighted by Crippen LogP contribution is -2.39. The van der Waals surface area contributed by atoms with Crippen molar-refractivity contribution in [3.63, 3.8) is 0 Å². The number of amides is 1. The highest BCUT2D eigenvalue weighted by Crippen LogP contribution is 2.25. The van der Waals surface area contributed by atoms with E-state index in [4.69, 9.17) is 10.5 Å². The second kappa shape index (κ2) is 6.75. The fourth-order valence-corrected chi connectivity index (χ4v) is 2.38. The van der Waals surface area contributed by atoms with E-state index in [1.807, 2.05) is 34.7 Å². The second-order valence-corrected chi connectivity index (χ2v) is 5.60. The quantitative estimate of drug-likeness (QED) is 0.899. The van der Waals surface area contributed by atoms with E-state index in [1.54, 1.807) is 12.0 Å². The number of ether oxygens (including phenoxy) is 1. The van der Waals surface area contributed by atoms with Crippen LogP contribution in [0.15, 0.2) is 12.1 Å². The molecule has 4 heteroatoms. The maximum atomic E-state index is 12.2. The average molecular weight is 278 g/mol. The highest BCUT2D eigenvalue weighted by Gasteiger charge is 2.21. The number of carbonyl (C=O) groups is 1. The molecule has 2 N–H and O–H groups in total. The Balaban J connectivity index is 2.86. The monoisotopic (exact) mass is 278 g/mol. The smallest absolute Gasteiger partial charge is 0.226 e. The molecule has 1 aromatic rings. The van der Waals surface area contributed by atoms with Crippen LogP contribution in [0.1, 0.15) is 30.5 Å². The van der Waals surface area contributed by atoms with Crippen molar-refractivity contribution in [3.05, 3.63) is 28.8 Å². The Labute approximate surface area is 121 Å². The number of benzene rings is 1. The van der Waals surface area contributed by atoms with Gasteiger partial charge in [-0.3, -0.25) is 4.79 Å². The first-order valence-electron chi connectivity index (χ1n) is 6.92. The Morgan fingerprint density at radius 3 is 2.20 bits per heavy atom. The number of methoxy groups -OCH3 is 1. The molecule has 112 valence electrons. The first-order chi connectivity index (χ1) is 9.27. The molecule has 1 rings (SSSR count). The Bertz CT molecular complexity index is 460. The van der Waals surface area contributed by atoms with Crippen LogP contribution in [0.2, 0.25) is 0 Å². The molecule has 0 spiro atoms. The zero-order valence-corrected chi connectivity index (χ0v) is 13.4. The van der Waals surface area contributed by atoms with Gasteiger partial charge in [0.25, 0.3) is 0 Å². The minimum Gasteiger partial charge on any atom is -0.496 e. The highest BCUT2D eigenvalue weighted by atomic mass is 16.5. The number of rotatable bonds is 5. The summed E-state index contributed by atoms with van der Waals surface area (Å²) in [6.45, 7) is 8.34. The fourth-order valence-electron chi connectivity index (χ4n) is 2.38. The Hall–Kier alpha value is -1.55. The second-order valence-electron chi connectivity index (χ2n) is 5.60. The van der Waals surface area contributed by atoms with Gasteiger partial charge in [-0.1, -0.05) is 19.1 Å². The van der Waals surface area contributed by atoms with Gasteiger partial charge in [-0.25, -0.2) is 0 Å². The van der Waals surface area contributed by atoms with Crippen molar-refractivity contribution in [1.82, 2.24) is 4.90 Å². The van der Waals surface area contributed by atoms with Crippen LogP contribution in [0, 0.1) is 19.8 Å². The molecule has 0 heterocycles. The predicted molar refractivity (Wildman–Crippen MR) is 81.8 cm³/mol. The van der Waals surface area contributed by atoms with Gasteiger partial charge in [0.05, 0.1) is 13.0 Å². The van der Waals surface area contributed by atoms with Crippen molar-refractivity contribution < 1.29 is 9.53 Å². The summed E-state index contributed by atoms with van der Waals surface area (Å²) in [6, 6.07) is 3.99. The summed E-state index contributed by atoms with van der Waals surface area (Å²) < 4.78 is 5.36. The maximum Gasteiger partial charge on any atom is 0.226 e. The van der Waals surface area contributed by atoms with Gasteiger partial charge >= 0.3 is 0 Å². The number of carbonyl (C=O) groups excluding carboxylic acids is 1.